The molecule has 0 saturated carbocycles. The molecule has 0 heterocycles. The van der Waals surface area contributed by atoms with E-state index in [9.17, 15) is 0 Å². The minimum Gasteiger partial charge on any atom is -0.306 e. The first kappa shape index (κ1) is 19.5. The molecule has 0 aromatic heterocycles. The molecule has 0 unspecified atom stereocenters. The van der Waals surface area contributed by atoms with E-state index in [0.717, 1.165) is 11.1 Å². The second-order valence-electron chi connectivity index (χ2n) is 2.97. The van der Waals surface area contributed by atoms with Crippen molar-refractivity contribution in [3.63, 3.8) is 0 Å². The Kier molecular flexibility index (Phi) is 19.9. The standard InChI is InChI=1S/C9H13N.C3H8.C2H6/c1-5-9(7(2)3)6-8(4)10;1-3-2;1-2/h5-6,10H,1-2H2,3-4H3;3H2,1-2H3;1-2H3/b9-6-,10-8?;;. The van der Waals surface area contributed by atoms with Crippen molar-refractivity contribution in [3.05, 3.63) is 36.5 Å². The van der Waals surface area contributed by atoms with Crippen LogP contribution in [0.25, 0.3) is 0 Å². The van der Waals surface area contributed by atoms with E-state index in [1.54, 1.807) is 19.1 Å². The predicted octanol–water partition coefficient (Wildman–Crippen LogP) is 5.16. The van der Waals surface area contributed by atoms with Gasteiger partial charge in [0.15, 0.2) is 0 Å². The van der Waals surface area contributed by atoms with Gasteiger partial charge in [-0.3, -0.25) is 0 Å². The second-order valence-corrected chi connectivity index (χ2v) is 2.97. The highest BCUT2D eigenvalue weighted by Crippen LogP contribution is 2.06. The molecule has 15 heavy (non-hydrogen) atoms. The van der Waals surface area contributed by atoms with Crippen molar-refractivity contribution in [2.75, 3.05) is 0 Å². The van der Waals surface area contributed by atoms with E-state index < -0.39 is 0 Å². The van der Waals surface area contributed by atoms with Crippen molar-refractivity contribution in [2.45, 2.75) is 48.0 Å². The monoisotopic (exact) mass is 209 g/mol. The highest BCUT2D eigenvalue weighted by atomic mass is 14.4. The summed E-state index contributed by atoms with van der Waals surface area (Å²) in [5.74, 6) is 0. The lowest BCUT2D eigenvalue weighted by Crippen LogP contribution is -1.85. The lowest BCUT2D eigenvalue weighted by Gasteiger charge is -1.97. The molecule has 0 atom stereocenters. The van der Waals surface area contributed by atoms with Crippen LogP contribution in [0.3, 0.4) is 0 Å². The summed E-state index contributed by atoms with van der Waals surface area (Å²) >= 11 is 0. The molecule has 1 N–H and O–H groups in total. The van der Waals surface area contributed by atoms with Crippen LogP contribution in [-0.4, -0.2) is 5.71 Å². The van der Waals surface area contributed by atoms with E-state index in [1.807, 2.05) is 20.8 Å². The Balaban J connectivity index is -0.000000245. The summed E-state index contributed by atoms with van der Waals surface area (Å²) < 4.78 is 0. The zero-order valence-corrected chi connectivity index (χ0v) is 11.3. The molecule has 0 aliphatic rings. The summed E-state index contributed by atoms with van der Waals surface area (Å²) in [4.78, 5) is 0. The summed E-state index contributed by atoms with van der Waals surface area (Å²) in [6.45, 7) is 19.2. The fourth-order valence-electron chi connectivity index (χ4n) is 0.590. The van der Waals surface area contributed by atoms with Crippen molar-refractivity contribution in [1.82, 2.24) is 0 Å². The Morgan fingerprint density at radius 3 is 1.60 bits per heavy atom. The average molecular weight is 209 g/mol. The van der Waals surface area contributed by atoms with Crippen LogP contribution in [0.1, 0.15) is 48.0 Å². The zero-order valence-electron chi connectivity index (χ0n) is 11.3. The first-order chi connectivity index (χ1) is 6.99. The van der Waals surface area contributed by atoms with Gasteiger partial charge >= 0.3 is 0 Å². The summed E-state index contributed by atoms with van der Waals surface area (Å²) in [7, 11) is 0. The third-order valence-electron chi connectivity index (χ3n) is 1.08. The highest BCUT2D eigenvalue weighted by molar-refractivity contribution is 5.91. The number of rotatable bonds is 3. The van der Waals surface area contributed by atoms with Crippen LogP contribution in [0.2, 0.25) is 0 Å². The van der Waals surface area contributed by atoms with Crippen LogP contribution in [0.15, 0.2) is 36.5 Å². The molecule has 0 aliphatic carbocycles. The summed E-state index contributed by atoms with van der Waals surface area (Å²) in [5, 5.41) is 7.16. The molecule has 0 amide bonds. The van der Waals surface area contributed by atoms with E-state index in [4.69, 9.17) is 5.41 Å². The van der Waals surface area contributed by atoms with Crippen molar-refractivity contribution < 1.29 is 0 Å². The molecular formula is C14H27N. The SMILES string of the molecule is C=C/C(=C/C(C)=N)C(=C)C.CC.CCC. The van der Waals surface area contributed by atoms with Crippen LogP contribution >= 0.6 is 0 Å². The number of nitrogens with one attached hydrogen (secondary N) is 1. The molecule has 0 bridgehead atoms. The molecule has 0 radical (unpaired) electrons. The first-order valence-electron chi connectivity index (χ1n) is 5.54. The van der Waals surface area contributed by atoms with Gasteiger partial charge in [0.25, 0.3) is 0 Å². The summed E-state index contributed by atoms with van der Waals surface area (Å²) in [6, 6.07) is 0. The lowest BCUT2D eigenvalue weighted by atomic mass is 10.1. The molecule has 0 aromatic carbocycles. The maximum absolute atomic E-state index is 7.16. The number of allylic oxidation sites excluding steroid dienone is 4. The van der Waals surface area contributed by atoms with Gasteiger partial charge < -0.3 is 5.41 Å². The van der Waals surface area contributed by atoms with Crippen LogP contribution < -0.4 is 0 Å². The molecule has 1 heteroatoms. The van der Waals surface area contributed by atoms with Crippen LogP contribution in [0, 0.1) is 5.41 Å². The Hall–Kier alpha value is -1.11. The molecule has 0 rings (SSSR count). The van der Waals surface area contributed by atoms with Gasteiger partial charge in [-0.2, -0.15) is 0 Å². The highest BCUT2D eigenvalue weighted by Gasteiger charge is 1.90. The fourth-order valence-corrected chi connectivity index (χ4v) is 0.590. The Morgan fingerprint density at radius 2 is 1.53 bits per heavy atom. The maximum Gasteiger partial charge on any atom is 0.0288 e. The van der Waals surface area contributed by atoms with E-state index in [1.165, 1.54) is 6.42 Å². The van der Waals surface area contributed by atoms with Gasteiger partial charge in [-0.25, -0.2) is 0 Å². The smallest absolute Gasteiger partial charge is 0.0288 e. The molecule has 0 spiro atoms. The third-order valence-corrected chi connectivity index (χ3v) is 1.08. The average Bonchev–Trinajstić information content (AvgIpc) is 2.18. The lowest BCUT2D eigenvalue weighted by molar-refractivity contribution is 1.09. The van der Waals surface area contributed by atoms with Crippen molar-refractivity contribution in [1.29, 1.82) is 5.41 Å². The van der Waals surface area contributed by atoms with Gasteiger partial charge in [0.05, 0.1) is 0 Å². The number of hydrogen-bond acceptors (Lipinski definition) is 1. The predicted molar refractivity (Wildman–Crippen MR) is 73.8 cm³/mol. The molecule has 0 aliphatic heterocycles. The normalized spacial score (nSPS) is 8.80. The number of hydrogen-bond donors (Lipinski definition) is 1. The molecule has 88 valence electrons. The van der Waals surface area contributed by atoms with E-state index in [0.29, 0.717) is 5.71 Å². The minimum atomic E-state index is 0.526. The zero-order chi connectivity index (χ0) is 12.9. The minimum absolute atomic E-state index is 0.526. The van der Waals surface area contributed by atoms with E-state index in [2.05, 4.69) is 27.0 Å². The summed E-state index contributed by atoms with van der Waals surface area (Å²) in [6.07, 6.45) is 4.70. The summed E-state index contributed by atoms with van der Waals surface area (Å²) in [5.41, 5.74) is 2.41. The topological polar surface area (TPSA) is 23.9 Å². The Labute approximate surface area is 96.1 Å². The Bertz CT molecular complexity index is 209. The molecule has 1 nitrogen and oxygen atoms in total. The van der Waals surface area contributed by atoms with Gasteiger partial charge in [-0.15, -0.1) is 0 Å². The third kappa shape index (κ3) is 19.3. The van der Waals surface area contributed by atoms with Crippen molar-refractivity contribution in [2.24, 2.45) is 0 Å². The van der Waals surface area contributed by atoms with Crippen LogP contribution in [0.5, 0.6) is 0 Å². The molecule has 0 aromatic rings. The van der Waals surface area contributed by atoms with E-state index in [-0.39, 0.29) is 0 Å². The van der Waals surface area contributed by atoms with Gasteiger partial charge in [-0.05, 0) is 25.5 Å². The fraction of sp³-hybridized carbons (Fsp3) is 0.500. The maximum atomic E-state index is 7.16. The van der Waals surface area contributed by atoms with Gasteiger partial charge in [-0.1, -0.05) is 58.9 Å². The molecule has 0 fully saturated rings. The van der Waals surface area contributed by atoms with Gasteiger partial charge in [0.1, 0.15) is 0 Å². The van der Waals surface area contributed by atoms with Crippen molar-refractivity contribution in [3.8, 4) is 0 Å². The van der Waals surface area contributed by atoms with Crippen LogP contribution in [0.4, 0.5) is 0 Å². The van der Waals surface area contributed by atoms with Crippen molar-refractivity contribution >= 4 is 5.71 Å². The molecular weight excluding hydrogens is 182 g/mol. The first-order valence-corrected chi connectivity index (χ1v) is 5.54. The van der Waals surface area contributed by atoms with Gasteiger partial charge in [0, 0.05) is 5.71 Å². The quantitative estimate of drug-likeness (QED) is 0.490. The molecule has 0 saturated heterocycles. The van der Waals surface area contributed by atoms with Crippen LogP contribution in [-0.2, 0) is 0 Å². The van der Waals surface area contributed by atoms with E-state index >= 15 is 0 Å². The second kappa shape index (κ2) is 15.4. The largest absolute Gasteiger partial charge is 0.306 e. The van der Waals surface area contributed by atoms with Gasteiger partial charge in [0.2, 0.25) is 0 Å². The Morgan fingerprint density at radius 1 is 1.20 bits per heavy atom.